The highest BCUT2D eigenvalue weighted by Gasteiger charge is 2.54. The topological polar surface area (TPSA) is 40.5 Å². The lowest BCUT2D eigenvalue weighted by Crippen LogP contribution is -2.43. The van der Waals surface area contributed by atoms with E-state index < -0.39 is 0 Å². The monoisotopic (exact) mass is 276 g/mol. The summed E-state index contributed by atoms with van der Waals surface area (Å²) >= 11 is 0. The highest BCUT2D eigenvalue weighted by molar-refractivity contribution is 5.40. The second-order valence-electron chi connectivity index (χ2n) is 7.44. The minimum absolute atomic E-state index is 0.0883. The van der Waals surface area contributed by atoms with Gasteiger partial charge in [-0.25, -0.2) is 0 Å². The quantitative estimate of drug-likeness (QED) is 0.760. The Balaban J connectivity index is 1.71. The highest BCUT2D eigenvalue weighted by Crippen LogP contribution is 2.60. The summed E-state index contributed by atoms with van der Waals surface area (Å²) in [5, 5.41) is 20.0. The summed E-state index contributed by atoms with van der Waals surface area (Å²) in [6, 6.07) is 5.96. The number of rotatable bonds is 0. The number of fused-ring (bicyclic) bond motifs is 5. The molecule has 20 heavy (non-hydrogen) atoms. The molecule has 0 saturated heterocycles. The standard InChI is InChI=1S/C18H24O2/c1-18-9-8-14-13-5-3-12(19)10-11(13)2-4-15(14)16(18)6-7-17(18)20/h3,5,10,14-17,19-20H,2,4,6-9H2,1H3/t14-,15-,16+,17+,18+/m1/s1/i3+1,5+1,10+1,12+1. The van der Waals surface area contributed by atoms with Gasteiger partial charge in [-0.2, -0.15) is 0 Å². The third-order valence-corrected chi connectivity index (χ3v) is 6.66. The maximum Gasteiger partial charge on any atom is 0.115 e. The third kappa shape index (κ3) is 1.60. The lowest BCUT2D eigenvalue weighted by atomic mass is 9.56. The van der Waals surface area contributed by atoms with Gasteiger partial charge in [0.1, 0.15) is 5.75 Å². The van der Waals surface area contributed by atoms with Crippen LogP contribution in [0.5, 0.6) is 5.75 Å². The van der Waals surface area contributed by atoms with E-state index in [1.54, 1.807) is 0 Å². The van der Waals surface area contributed by atoms with Crippen LogP contribution in [0.3, 0.4) is 0 Å². The Morgan fingerprint density at radius 3 is 2.85 bits per heavy atom. The van der Waals surface area contributed by atoms with E-state index in [0.717, 1.165) is 25.2 Å². The van der Waals surface area contributed by atoms with Crippen LogP contribution in [0.2, 0.25) is 0 Å². The molecule has 1 aromatic rings. The number of phenolic OH excluding ortho intramolecular Hbond substituents is 1. The molecule has 0 spiro atoms. The number of hydrogen-bond donors (Lipinski definition) is 2. The summed E-state index contributed by atoms with van der Waals surface area (Å²) in [7, 11) is 0. The predicted octanol–water partition coefficient (Wildman–Crippen LogP) is 3.61. The first-order valence-corrected chi connectivity index (χ1v) is 8.09. The molecule has 5 atom stereocenters. The van der Waals surface area contributed by atoms with Gasteiger partial charge in [-0.1, -0.05) is 13.0 Å². The maximum atomic E-state index is 10.4. The fourth-order valence-electron chi connectivity index (χ4n) is 5.54. The molecular formula is C18H24O2. The zero-order chi connectivity index (χ0) is 13.9. The van der Waals surface area contributed by atoms with Crippen LogP contribution >= 0.6 is 0 Å². The lowest BCUT2D eigenvalue weighted by molar-refractivity contribution is -0.0226. The van der Waals surface area contributed by atoms with Gasteiger partial charge in [0.05, 0.1) is 6.10 Å². The number of phenols is 1. The molecule has 0 amide bonds. The molecule has 2 nitrogen and oxygen atoms in total. The van der Waals surface area contributed by atoms with Crippen molar-refractivity contribution in [2.75, 3.05) is 0 Å². The van der Waals surface area contributed by atoms with Gasteiger partial charge >= 0.3 is 0 Å². The van der Waals surface area contributed by atoms with Gasteiger partial charge in [0.25, 0.3) is 0 Å². The second-order valence-corrected chi connectivity index (χ2v) is 7.44. The van der Waals surface area contributed by atoms with Crippen LogP contribution in [-0.2, 0) is 6.42 Å². The summed E-state index contributed by atoms with van der Waals surface area (Å²) in [6.07, 6.45) is 6.78. The fraction of sp³-hybridized carbons (Fsp3) is 0.667. The molecule has 0 aliphatic heterocycles. The van der Waals surface area contributed by atoms with E-state index in [0.29, 0.717) is 17.6 Å². The van der Waals surface area contributed by atoms with E-state index in [4.69, 9.17) is 0 Å². The van der Waals surface area contributed by atoms with Gasteiger partial charge in [-0.3, -0.25) is 0 Å². The first-order chi connectivity index (χ1) is 9.59. The van der Waals surface area contributed by atoms with Crippen LogP contribution in [0.4, 0.5) is 0 Å². The van der Waals surface area contributed by atoms with Gasteiger partial charge in [0.15, 0.2) is 0 Å². The summed E-state index contributed by atoms with van der Waals surface area (Å²) in [6.45, 7) is 2.32. The molecule has 3 aliphatic rings. The number of hydrogen-bond acceptors (Lipinski definition) is 2. The van der Waals surface area contributed by atoms with Crippen molar-refractivity contribution in [1.29, 1.82) is 0 Å². The highest BCUT2D eigenvalue weighted by atomic mass is 16.3. The molecule has 2 heteroatoms. The third-order valence-electron chi connectivity index (χ3n) is 6.66. The van der Waals surface area contributed by atoms with Gasteiger partial charge < -0.3 is 10.2 Å². The van der Waals surface area contributed by atoms with E-state index in [9.17, 15) is 10.2 Å². The number of aromatic hydroxyl groups is 1. The van der Waals surface area contributed by atoms with E-state index in [1.165, 1.54) is 30.4 Å². The average Bonchev–Trinajstić information content (AvgIpc) is 2.74. The van der Waals surface area contributed by atoms with Crippen molar-refractivity contribution in [2.24, 2.45) is 17.3 Å². The molecule has 108 valence electrons. The van der Waals surface area contributed by atoms with E-state index in [1.807, 2.05) is 12.1 Å². The van der Waals surface area contributed by atoms with Crippen molar-refractivity contribution >= 4 is 0 Å². The maximum absolute atomic E-state index is 10.4. The number of aliphatic hydroxyl groups excluding tert-OH is 1. The largest absolute Gasteiger partial charge is 0.508 e. The molecular weight excluding hydrogens is 252 g/mol. The zero-order valence-electron chi connectivity index (χ0n) is 12.2. The fourth-order valence-corrected chi connectivity index (χ4v) is 5.54. The summed E-state index contributed by atoms with van der Waals surface area (Å²) in [5.41, 5.74) is 2.99. The molecule has 0 bridgehead atoms. The smallest absolute Gasteiger partial charge is 0.115 e. The second kappa shape index (κ2) is 4.24. The van der Waals surface area contributed by atoms with Crippen LogP contribution in [-0.4, -0.2) is 16.3 Å². The Labute approximate surface area is 120 Å². The Morgan fingerprint density at radius 1 is 1.15 bits per heavy atom. The van der Waals surface area contributed by atoms with Crippen LogP contribution in [0.15, 0.2) is 18.2 Å². The lowest BCUT2D eigenvalue weighted by Gasteiger charge is -2.50. The summed E-state index contributed by atoms with van der Waals surface area (Å²) in [4.78, 5) is 0. The van der Waals surface area contributed by atoms with Crippen LogP contribution in [0.1, 0.15) is 56.1 Å². The van der Waals surface area contributed by atoms with E-state index >= 15 is 0 Å². The van der Waals surface area contributed by atoms with Crippen molar-refractivity contribution in [2.45, 2.75) is 57.5 Å². The number of aryl methyl sites for hydroxylation is 1. The minimum Gasteiger partial charge on any atom is -0.508 e. The van der Waals surface area contributed by atoms with Crippen molar-refractivity contribution in [1.82, 2.24) is 0 Å². The normalized spacial score (nSPS) is 42.7. The van der Waals surface area contributed by atoms with Crippen molar-refractivity contribution in [3.05, 3.63) is 29.3 Å². The van der Waals surface area contributed by atoms with Crippen LogP contribution in [0, 0.1) is 17.3 Å². The van der Waals surface area contributed by atoms with Gasteiger partial charge in [0, 0.05) is 0 Å². The molecule has 2 fully saturated rings. The minimum atomic E-state index is -0.0883. The Bertz CT molecular complexity index is 538. The van der Waals surface area contributed by atoms with E-state index in [2.05, 4.69) is 13.0 Å². The summed E-state index contributed by atoms with van der Waals surface area (Å²) < 4.78 is 0. The Morgan fingerprint density at radius 2 is 2.00 bits per heavy atom. The molecule has 1 aromatic carbocycles. The molecule has 2 saturated carbocycles. The molecule has 2 N–H and O–H groups in total. The molecule has 4 rings (SSSR count). The average molecular weight is 276 g/mol. The van der Waals surface area contributed by atoms with Crippen molar-refractivity contribution in [3.8, 4) is 5.75 Å². The SMILES string of the molecule is C[C@]12CC[C@@H]3c4[13cH][13cH][13c](O)[13cH]c4CC[C@H]3[C@@H]1CC[C@@H]2O. The van der Waals surface area contributed by atoms with Crippen LogP contribution < -0.4 is 0 Å². The Kier molecular flexibility index (Phi) is 2.69. The zero-order valence-corrected chi connectivity index (χ0v) is 12.2. The number of aliphatic hydroxyl groups is 1. The van der Waals surface area contributed by atoms with Crippen LogP contribution in [0.25, 0.3) is 0 Å². The molecule has 3 aliphatic carbocycles. The van der Waals surface area contributed by atoms with Gasteiger partial charge in [-0.15, -0.1) is 0 Å². The Hall–Kier alpha value is -1.02. The molecule has 0 heterocycles. The first-order valence-electron chi connectivity index (χ1n) is 8.09. The van der Waals surface area contributed by atoms with Crippen molar-refractivity contribution in [3.63, 3.8) is 0 Å². The van der Waals surface area contributed by atoms with Gasteiger partial charge in [0.2, 0.25) is 0 Å². The molecule has 0 aromatic heterocycles. The molecule has 0 unspecified atom stereocenters. The first kappa shape index (κ1) is 12.7. The van der Waals surface area contributed by atoms with E-state index in [-0.39, 0.29) is 11.5 Å². The van der Waals surface area contributed by atoms with Crippen molar-refractivity contribution < 1.29 is 10.2 Å². The van der Waals surface area contributed by atoms with Gasteiger partial charge in [-0.05, 0) is 85.0 Å². The number of benzene rings is 1. The summed E-state index contributed by atoms with van der Waals surface area (Å²) in [5.74, 6) is 2.49. The molecule has 0 radical (unpaired) electrons. The predicted molar refractivity (Wildman–Crippen MR) is 78.7 cm³/mol.